The van der Waals surface area contributed by atoms with Gasteiger partial charge in [-0.15, -0.1) is 0 Å². The van der Waals surface area contributed by atoms with Crippen molar-refractivity contribution in [2.45, 2.75) is 56.8 Å². The van der Waals surface area contributed by atoms with Gasteiger partial charge in [0, 0.05) is 56.0 Å². The van der Waals surface area contributed by atoms with Crippen molar-refractivity contribution in [1.29, 1.82) is 0 Å². The van der Waals surface area contributed by atoms with Crippen LogP contribution in [0.4, 0.5) is 5.69 Å². The minimum atomic E-state index is -0.831. The van der Waals surface area contributed by atoms with Gasteiger partial charge in [-0.3, -0.25) is 14.5 Å². The van der Waals surface area contributed by atoms with Crippen molar-refractivity contribution in [3.05, 3.63) is 92.5 Å². The average Bonchev–Trinajstić information content (AvgIpc) is 3.71. The number of methoxy groups -OCH3 is 1. The van der Waals surface area contributed by atoms with E-state index in [0.29, 0.717) is 59.0 Å². The normalized spacial score (nSPS) is 17.8. The summed E-state index contributed by atoms with van der Waals surface area (Å²) in [5, 5.41) is 13.6. The molecule has 0 radical (unpaired) electrons. The van der Waals surface area contributed by atoms with Crippen molar-refractivity contribution in [3.63, 3.8) is 0 Å². The van der Waals surface area contributed by atoms with Gasteiger partial charge in [0.15, 0.2) is 5.82 Å². The first-order valence-electron chi connectivity index (χ1n) is 16.4. The van der Waals surface area contributed by atoms with Crippen LogP contribution in [-0.4, -0.2) is 69.6 Å². The van der Waals surface area contributed by atoms with Crippen molar-refractivity contribution >= 4 is 40.8 Å². The maximum atomic E-state index is 13.4. The number of rotatable bonds is 10. The highest BCUT2D eigenvalue weighted by atomic mass is 35.5. The van der Waals surface area contributed by atoms with Gasteiger partial charge >= 0.3 is 5.97 Å². The molecule has 2 N–H and O–H groups in total. The molecule has 1 aromatic heterocycles. The van der Waals surface area contributed by atoms with E-state index < -0.39 is 11.5 Å². The number of carboxylic acid groups (broad SMARTS) is 1. The van der Waals surface area contributed by atoms with Crippen molar-refractivity contribution < 1.29 is 24.2 Å². The number of hydrogen-bond donors (Lipinski definition) is 2. The summed E-state index contributed by atoms with van der Waals surface area (Å²) in [6.07, 6.45) is 3.35. The Morgan fingerprint density at radius 2 is 1.84 bits per heavy atom. The summed E-state index contributed by atoms with van der Waals surface area (Å²) < 4.78 is 14.1. The molecule has 1 atom stereocenters. The lowest BCUT2D eigenvalue weighted by molar-refractivity contribution is -0.144. The van der Waals surface area contributed by atoms with Gasteiger partial charge in [-0.2, -0.15) is 0 Å². The number of carbonyl (C=O) groups excluding carboxylic acids is 1. The molecule has 1 unspecified atom stereocenters. The Labute approximate surface area is 295 Å². The number of carbonyl (C=O) groups is 2. The Morgan fingerprint density at radius 3 is 2.57 bits per heavy atom. The van der Waals surface area contributed by atoms with Gasteiger partial charge in [-0.1, -0.05) is 53.5 Å². The van der Waals surface area contributed by atoms with E-state index >= 15 is 0 Å². The molecule has 2 heterocycles. The zero-order chi connectivity index (χ0) is 34.6. The molecule has 2 aliphatic carbocycles. The molecule has 4 aromatic rings. The van der Waals surface area contributed by atoms with Crippen molar-refractivity contribution in [3.8, 4) is 22.6 Å². The minimum Gasteiger partial charge on any atom is -0.496 e. The van der Waals surface area contributed by atoms with E-state index in [-0.39, 0.29) is 12.0 Å². The number of anilines is 1. The fourth-order valence-electron chi connectivity index (χ4n) is 7.28. The summed E-state index contributed by atoms with van der Waals surface area (Å²) in [5.74, 6) is 0.336. The van der Waals surface area contributed by atoms with E-state index in [1.54, 1.807) is 25.3 Å². The Kier molecular flexibility index (Phi) is 8.85. The fourth-order valence-corrected chi connectivity index (χ4v) is 7.79. The van der Waals surface area contributed by atoms with E-state index in [0.717, 1.165) is 65.0 Å². The SMILES string of the molecule is COc1cc(OC2CCc3c(-c4cccc(NC(=O)c5nc6c(n5C)CCN(C)C6)c4Cl)cccc32)c(Cl)cc1CN(C)C1(C(=O)O)CC1. The number of nitrogens with one attached hydrogen (secondary N) is 1. The summed E-state index contributed by atoms with van der Waals surface area (Å²) in [6, 6.07) is 15.3. The third-order valence-corrected chi connectivity index (χ3v) is 11.0. The Bertz CT molecular complexity index is 1970. The van der Waals surface area contributed by atoms with E-state index in [9.17, 15) is 14.7 Å². The number of amides is 1. The molecule has 10 nitrogen and oxygen atoms in total. The molecule has 1 amide bonds. The lowest BCUT2D eigenvalue weighted by Crippen LogP contribution is -2.40. The molecule has 12 heteroatoms. The quantitative estimate of drug-likeness (QED) is 0.187. The van der Waals surface area contributed by atoms with Crippen LogP contribution in [0.5, 0.6) is 11.5 Å². The number of imidazole rings is 1. The first-order chi connectivity index (χ1) is 23.5. The molecule has 7 rings (SSSR count). The van der Waals surface area contributed by atoms with Crippen LogP contribution in [0.15, 0.2) is 48.5 Å². The molecule has 1 fully saturated rings. The zero-order valence-corrected chi connectivity index (χ0v) is 29.5. The summed E-state index contributed by atoms with van der Waals surface area (Å²) in [7, 11) is 7.34. The highest BCUT2D eigenvalue weighted by molar-refractivity contribution is 6.36. The Balaban J connectivity index is 1.11. The summed E-state index contributed by atoms with van der Waals surface area (Å²) in [5.41, 5.74) is 6.48. The number of halogens is 2. The molecule has 1 saturated carbocycles. The number of carboxylic acids is 1. The molecular weight excluding hydrogens is 665 g/mol. The first-order valence-corrected chi connectivity index (χ1v) is 17.2. The van der Waals surface area contributed by atoms with Crippen molar-refractivity contribution in [2.75, 3.05) is 33.1 Å². The van der Waals surface area contributed by atoms with E-state index in [2.05, 4.69) is 28.3 Å². The predicted octanol–water partition coefficient (Wildman–Crippen LogP) is 6.76. The molecule has 3 aromatic carbocycles. The smallest absolute Gasteiger partial charge is 0.324 e. The summed E-state index contributed by atoms with van der Waals surface area (Å²) in [4.78, 5) is 34.0. The van der Waals surface area contributed by atoms with Crippen LogP contribution in [-0.2, 0) is 37.8 Å². The molecule has 0 spiro atoms. The standard InChI is InChI=1S/C37H39Cl2N5O5/c1-42-16-13-29-28(20-42)40-34(44(29)3)35(45)41-27-10-6-9-25(33(27)39)22-7-5-8-24-23(22)11-12-30(24)49-32-18-31(48-4)21(17-26(32)38)19-43(2)37(14-15-37)36(46)47/h5-10,17-18,30H,11-16,19-20H2,1-4H3,(H,41,45)(H,46,47). The summed E-state index contributed by atoms with van der Waals surface area (Å²) >= 11 is 13.8. The number of ether oxygens (including phenoxy) is 2. The third kappa shape index (κ3) is 6.05. The number of hydrogen-bond acceptors (Lipinski definition) is 7. The Hall–Kier alpha value is -4.09. The fraction of sp³-hybridized carbons (Fsp3) is 0.378. The zero-order valence-electron chi connectivity index (χ0n) is 28.0. The first kappa shape index (κ1) is 33.4. The topological polar surface area (TPSA) is 109 Å². The lowest BCUT2D eigenvalue weighted by Gasteiger charge is -2.25. The number of aliphatic carboxylic acids is 1. The average molecular weight is 705 g/mol. The van der Waals surface area contributed by atoms with Crippen LogP contribution in [0, 0.1) is 0 Å². The van der Waals surface area contributed by atoms with Crippen LogP contribution < -0.4 is 14.8 Å². The highest BCUT2D eigenvalue weighted by Gasteiger charge is 2.53. The number of nitrogens with zero attached hydrogens (tertiary/aromatic N) is 4. The summed E-state index contributed by atoms with van der Waals surface area (Å²) in [6.45, 7) is 2.03. The van der Waals surface area contributed by atoms with E-state index in [1.165, 1.54) is 0 Å². The van der Waals surface area contributed by atoms with Gasteiger partial charge in [0.25, 0.3) is 5.91 Å². The number of aromatic nitrogens is 2. The van der Waals surface area contributed by atoms with Gasteiger partial charge < -0.3 is 29.4 Å². The van der Waals surface area contributed by atoms with Gasteiger partial charge in [0.05, 0.1) is 28.5 Å². The van der Waals surface area contributed by atoms with Gasteiger partial charge in [0.2, 0.25) is 0 Å². The highest BCUT2D eigenvalue weighted by Crippen LogP contribution is 2.46. The second kappa shape index (κ2) is 13.0. The predicted molar refractivity (Wildman–Crippen MR) is 189 cm³/mol. The number of likely N-dealkylation sites (N-methyl/N-ethyl adjacent to an activating group) is 2. The Morgan fingerprint density at radius 1 is 1.08 bits per heavy atom. The molecule has 0 saturated heterocycles. The monoisotopic (exact) mass is 703 g/mol. The van der Waals surface area contributed by atoms with Gasteiger partial charge in [-0.25, -0.2) is 4.98 Å². The van der Waals surface area contributed by atoms with Crippen molar-refractivity contribution in [2.24, 2.45) is 7.05 Å². The number of benzene rings is 3. The number of fused-ring (bicyclic) bond motifs is 2. The maximum Gasteiger partial charge on any atom is 0.324 e. The second-order valence-corrected chi connectivity index (χ2v) is 14.1. The van der Waals surface area contributed by atoms with Crippen LogP contribution in [0.2, 0.25) is 10.0 Å². The van der Waals surface area contributed by atoms with Crippen molar-refractivity contribution in [1.82, 2.24) is 19.4 Å². The largest absolute Gasteiger partial charge is 0.496 e. The maximum absolute atomic E-state index is 13.4. The molecule has 49 heavy (non-hydrogen) atoms. The molecule has 256 valence electrons. The second-order valence-electron chi connectivity index (χ2n) is 13.3. The molecule has 1 aliphatic heterocycles. The van der Waals surface area contributed by atoms with Crippen LogP contribution in [0.25, 0.3) is 11.1 Å². The molecular formula is C37H39Cl2N5O5. The lowest BCUT2D eigenvalue weighted by atomic mass is 9.96. The van der Waals surface area contributed by atoms with Gasteiger partial charge in [0.1, 0.15) is 23.1 Å². The minimum absolute atomic E-state index is 0.248. The van der Waals surface area contributed by atoms with Crippen LogP contribution >= 0.6 is 23.2 Å². The van der Waals surface area contributed by atoms with E-state index in [4.69, 9.17) is 32.7 Å². The third-order valence-electron chi connectivity index (χ3n) is 10.3. The molecule has 0 bridgehead atoms. The van der Waals surface area contributed by atoms with E-state index in [1.807, 2.05) is 47.8 Å². The van der Waals surface area contributed by atoms with Crippen LogP contribution in [0.1, 0.15) is 64.1 Å². The van der Waals surface area contributed by atoms with Crippen LogP contribution in [0.3, 0.4) is 0 Å². The van der Waals surface area contributed by atoms with Gasteiger partial charge in [-0.05, 0) is 68.6 Å². The molecule has 3 aliphatic rings.